The van der Waals surface area contributed by atoms with Gasteiger partial charge in [-0.15, -0.1) is 11.3 Å². The minimum Gasteiger partial charge on any atom is -0.295 e. The molecule has 0 bridgehead atoms. The van der Waals surface area contributed by atoms with Gasteiger partial charge in [0, 0.05) is 43.7 Å². The molecule has 3 aromatic carbocycles. The van der Waals surface area contributed by atoms with Crippen molar-refractivity contribution in [3.63, 3.8) is 0 Å². The summed E-state index contributed by atoms with van der Waals surface area (Å²) in [6.45, 7) is 7.31. The fraction of sp³-hybridized carbons (Fsp3) is 0.250. The second-order valence-electron chi connectivity index (χ2n) is 8.55. The van der Waals surface area contributed by atoms with Crippen LogP contribution in [-0.4, -0.2) is 41.0 Å². The maximum absolute atomic E-state index is 4.93. The van der Waals surface area contributed by atoms with Gasteiger partial charge < -0.3 is 0 Å². The molecule has 0 atom stereocenters. The smallest absolute Gasteiger partial charge is 0.123 e. The van der Waals surface area contributed by atoms with Gasteiger partial charge in [0.15, 0.2) is 0 Å². The van der Waals surface area contributed by atoms with Gasteiger partial charge in [-0.05, 0) is 24.1 Å². The molecule has 0 unspecified atom stereocenters. The maximum atomic E-state index is 4.93. The lowest BCUT2D eigenvalue weighted by Gasteiger charge is -2.39. The standard InChI is InChI=1S/C28H29N3S/c1-22-9-8-14-25(19-22)28-29-26(21-32-28)20-30-15-17-31(18-16-30)27(23-10-4-2-5-11-23)24-12-6-3-7-13-24/h2-14,19,21,27H,15-18,20H2,1H3. The summed E-state index contributed by atoms with van der Waals surface area (Å²) in [6.07, 6.45) is 0. The molecule has 2 heterocycles. The Morgan fingerprint density at radius 1 is 0.812 bits per heavy atom. The van der Waals surface area contributed by atoms with Crippen LogP contribution in [0.1, 0.15) is 28.4 Å². The summed E-state index contributed by atoms with van der Waals surface area (Å²) in [5, 5.41) is 3.34. The van der Waals surface area contributed by atoms with Gasteiger partial charge in [0.25, 0.3) is 0 Å². The highest BCUT2D eigenvalue weighted by Crippen LogP contribution is 2.30. The minimum atomic E-state index is 0.312. The van der Waals surface area contributed by atoms with E-state index < -0.39 is 0 Å². The zero-order valence-electron chi connectivity index (χ0n) is 18.5. The summed E-state index contributed by atoms with van der Waals surface area (Å²) < 4.78 is 0. The number of aryl methyl sites for hydroxylation is 1. The molecule has 4 heteroatoms. The third-order valence-corrected chi connectivity index (χ3v) is 7.15. The van der Waals surface area contributed by atoms with E-state index >= 15 is 0 Å². The van der Waals surface area contributed by atoms with Crippen LogP contribution in [-0.2, 0) is 6.54 Å². The molecule has 0 amide bonds. The molecule has 32 heavy (non-hydrogen) atoms. The zero-order chi connectivity index (χ0) is 21.8. The Kier molecular flexibility index (Phi) is 6.44. The summed E-state index contributed by atoms with van der Waals surface area (Å²) in [7, 11) is 0. The molecule has 0 saturated carbocycles. The van der Waals surface area contributed by atoms with Crippen LogP contribution < -0.4 is 0 Å². The molecule has 162 valence electrons. The Hall–Kier alpha value is -2.79. The summed E-state index contributed by atoms with van der Waals surface area (Å²) in [5.41, 5.74) is 6.42. The van der Waals surface area contributed by atoms with Crippen LogP contribution in [0.25, 0.3) is 10.6 Å². The van der Waals surface area contributed by atoms with Gasteiger partial charge in [-0.25, -0.2) is 4.98 Å². The maximum Gasteiger partial charge on any atom is 0.123 e. The normalized spacial score (nSPS) is 15.3. The van der Waals surface area contributed by atoms with Gasteiger partial charge in [-0.2, -0.15) is 0 Å². The molecule has 0 N–H and O–H groups in total. The zero-order valence-corrected chi connectivity index (χ0v) is 19.3. The Morgan fingerprint density at radius 2 is 1.47 bits per heavy atom. The number of hydrogen-bond donors (Lipinski definition) is 0. The van der Waals surface area contributed by atoms with Crippen molar-refractivity contribution in [1.82, 2.24) is 14.8 Å². The van der Waals surface area contributed by atoms with E-state index in [2.05, 4.69) is 107 Å². The SMILES string of the molecule is Cc1cccc(-c2nc(CN3CCN(C(c4ccccc4)c4ccccc4)CC3)cs2)c1. The lowest BCUT2D eigenvalue weighted by molar-refractivity contribution is 0.104. The first kappa shape index (κ1) is 21.1. The second-order valence-corrected chi connectivity index (χ2v) is 9.41. The van der Waals surface area contributed by atoms with Crippen molar-refractivity contribution >= 4 is 11.3 Å². The molecule has 1 aromatic heterocycles. The van der Waals surface area contributed by atoms with Crippen LogP contribution in [0.15, 0.2) is 90.3 Å². The van der Waals surface area contributed by atoms with Crippen molar-refractivity contribution in [3.8, 4) is 10.6 Å². The van der Waals surface area contributed by atoms with E-state index in [9.17, 15) is 0 Å². The lowest BCUT2D eigenvalue weighted by Crippen LogP contribution is -2.47. The van der Waals surface area contributed by atoms with E-state index in [1.54, 1.807) is 11.3 Å². The highest BCUT2D eigenvalue weighted by Gasteiger charge is 2.26. The van der Waals surface area contributed by atoms with Crippen LogP contribution in [0.5, 0.6) is 0 Å². The van der Waals surface area contributed by atoms with Gasteiger partial charge in [0.1, 0.15) is 5.01 Å². The lowest BCUT2D eigenvalue weighted by atomic mass is 9.96. The number of aromatic nitrogens is 1. The summed E-state index contributed by atoms with van der Waals surface area (Å²) in [4.78, 5) is 10.1. The van der Waals surface area contributed by atoms with E-state index in [0.29, 0.717) is 6.04 Å². The summed E-state index contributed by atoms with van der Waals surface area (Å²) in [5.74, 6) is 0. The molecule has 3 nitrogen and oxygen atoms in total. The first-order valence-corrected chi connectivity index (χ1v) is 12.2. The van der Waals surface area contributed by atoms with Crippen LogP contribution in [0.2, 0.25) is 0 Å². The van der Waals surface area contributed by atoms with Gasteiger partial charge in [-0.3, -0.25) is 9.80 Å². The fourth-order valence-corrected chi connectivity index (χ4v) is 5.39. The van der Waals surface area contributed by atoms with Crippen LogP contribution >= 0.6 is 11.3 Å². The van der Waals surface area contributed by atoms with Crippen LogP contribution in [0, 0.1) is 6.92 Å². The monoisotopic (exact) mass is 439 g/mol. The van der Waals surface area contributed by atoms with E-state index in [1.807, 2.05) is 0 Å². The van der Waals surface area contributed by atoms with Crippen LogP contribution in [0.3, 0.4) is 0 Å². The van der Waals surface area contributed by atoms with Crippen molar-refractivity contribution in [2.45, 2.75) is 19.5 Å². The number of hydrogen-bond acceptors (Lipinski definition) is 4. The largest absolute Gasteiger partial charge is 0.295 e. The summed E-state index contributed by atoms with van der Waals surface area (Å²) >= 11 is 1.75. The van der Waals surface area contributed by atoms with E-state index in [1.165, 1.54) is 27.9 Å². The van der Waals surface area contributed by atoms with Crippen molar-refractivity contribution in [2.75, 3.05) is 26.2 Å². The Labute approximate surface area is 195 Å². The Balaban J connectivity index is 1.25. The van der Waals surface area contributed by atoms with Gasteiger partial charge >= 0.3 is 0 Å². The van der Waals surface area contributed by atoms with E-state index in [0.717, 1.165) is 37.7 Å². The molecular formula is C28H29N3S. The topological polar surface area (TPSA) is 19.4 Å². The molecular weight excluding hydrogens is 410 g/mol. The number of thiazole rings is 1. The second kappa shape index (κ2) is 9.78. The first-order valence-electron chi connectivity index (χ1n) is 11.3. The quantitative estimate of drug-likeness (QED) is 0.366. The Morgan fingerprint density at radius 3 is 2.09 bits per heavy atom. The third-order valence-electron chi connectivity index (χ3n) is 6.21. The minimum absolute atomic E-state index is 0.312. The summed E-state index contributed by atoms with van der Waals surface area (Å²) in [6, 6.07) is 30.7. The van der Waals surface area contributed by atoms with E-state index in [-0.39, 0.29) is 0 Å². The predicted octanol–water partition coefficient (Wildman–Crippen LogP) is 6.03. The molecule has 1 aliphatic rings. The number of piperazine rings is 1. The molecule has 1 fully saturated rings. The van der Waals surface area contributed by atoms with Crippen molar-refractivity contribution in [3.05, 3.63) is 113 Å². The van der Waals surface area contributed by atoms with Crippen molar-refractivity contribution < 1.29 is 0 Å². The molecule has 1 aliphatic heterocycles. The fourth-order valence-electron chi connectivity index (χ4n) is 4.58. The molecule has 4 aromatic rings. The highest BCUT2D eigenvalue weighted by atomic mass is 32.1. The van der Waals surface area contributed by atoms with Gasteiger partial charge in [0.2, 0.25) is 0 Å². The highest BCUT2D eigenvalue weighted by molar-refractivity contribution is 7.13. The Bertz CT molecular complexity index is 1090. The van der Waals surface area contributed by atoms with Crippen molar-refractivity contribution in [1.29, 1.82) is 0 Å². The molecule has 0 aliphatic carbocycles. The number of rotatable bonds is 6. The molecule has 5 rings (SSSR count). The number of nitrogens with zero attached hydrogens (tertiary/aromatic N) is 3. The molecule has 0 radical (unpaired) electrons. The predicted molar refractivity (Wildman–Crippen MR) is 134 cm³/mol. The molecule has 1 saturated heterocycles. The van der Waals surface area contributed by atoms with Gasteiger partial charge in [0.05, 0.1) is 11.7 Å². The average Bonchev–Trinajstić information content (AvgIpc) is 3.30. The van der Waals surface area contributed by atoms with E-state index in [4.69, 9.17) is 4.98 Å². The van der Waals surface area contributed by atoms with Gasteiger partial charge in [-0.1, -0.05) is 84.4 Å². The first-order chi connectivity index (χ1) is 15.8. The molecule has 0 spiro atoms. The number of benzene rings is 3. The average molecular weight is 440 g/mol. The third kappa shape index (κ3) is 4.83. The van der Waals surface area contributed by atoms with Crippen molar-refractivity contribution in [2.24, 2.45) is 0 Å². The van der Waals surface area contributed by atoms with Crippen LogP contribution in [0.4, 0.5) is 0 Å².